The number of nitrogens with one attached hydrogen (secondary N) is 1. The van der Waals surface area contributed by atoms with Crippen molar-refractivity contribution < 1.29 is 4.79 Å². The zero-order chi connectivity index (χ0) is 15.0. The topological polar surface area (TPSA) is 55.1 Å². The maximum Gasteiger partial charge on any atom is 0.263 e. The van der Waals surface area contributed by atoms with E-state index in [1.54, 1.807) is 23.5 Å². The molecule has 0 bridgehead atoms. The van der Waals surface area contributed by atoms with Crippen LogP contribution in [-0.2, 0) is 6.54 Å². The number of hydrogen-bond acceptors (Lipinski definition) is 4. The van der Waals surface area contributed by atoms with Crippen molar-refractivity contribution >= 4 is 56.0 Å². The van der Waals surface area contributed by atoms with Crippen LogP contribution in [0.1, 0.15) is 20.8 Å². The van der Waals surface area contributed by atoms with Crippen molar-refractivity contribution in [2.24, 2.45) is 0 Å². The van der Waals surface area contributed by atoms with Gasteiger partial charge >= 0.3 is 0 Å². The van der Waals surface area contributed by atoms with Gasteiger partial charge in [0.1, 0.15) is 4.88 Å². The van der Waals surface area contributed by atoms with E-state index in [1.807, 2.05) is 18.4 Å². The number of nitrogens with two attached hydrogens (primary N) is 1. The van der Waals surface area contributed by atoms with E-state index in [9.17, 15) is 4.79 Å². The Bertz CT molecular complexity index is 822. The summed E-state index contributed by atoms with van der Waals surface area (Å²) in [5.41, 5.74) is 8.90. The van der Waals surface area contributed by atoms with Crippen LogP contribution in [0.2, 0.25) is 5.02 Å². The molecule has 0 aliphatic heterocycles. The third-order valence-electron chi connectivity index (χ3n) is 3.30. The van der Waals surface area contributed by atoms with Gasteiger partial charge in [-0.1, -0.05) is 11.6 Å². The van der Waals surface area contributed by atoms with Crippen LogP contribution in [0.3, 0.4) is 0 Å². The summed E-state index contributed by atoms with van der Waals surface area (Å²) in [6, 6.07) is 5.48. The summed E-state index contributed by atoms with van der Waals surface area (Å²) >= 11 is 9.00. The van der Waals surface area contributed by atoms with Crippen LogP contribution in [0.5, 0.6) is 0 Å². The van der Waals surface area contributed by atoms with Crippen LogP contribution in [0.15, 0.2) is 29.0 Å². The van der Waals surface area contributed by atoms with Gasteiger partial charge in [-0.2, -0.15) is 11.3 Å². The smallest absolute Gasteiger partial charge is 0.263 e. The Morgan fingerprint density at radius 2 is 2.19 bits per heavy atom. The Kier molecular flexibility index (Phi) is 3.89. The molecule has 2 heterocycles. The van der Waals surface area contributed by atoms with Crippen LogP contribution in [0.25, 0.3) is 10.1 Å². The number of amides is 1. The molecule has 0 spiro atoms. The average molecular weight is 337 g/mol. The Morgan fingerprint density at radius 3 is 2.90 bits per heavy atom. The molecule has 0 saturated carbocycles. The molecule has 3 aromatic rings. The minimum atomic E-state index is -0.143. The van der Waals surface area contributed by atoms with Crippen LogP contribution < -0.4 is 11.1 Å². The summed E-state index contributed by atoms with van der Waals surface area (Å²) in [4.78, 5) is 12.9. The monoisotopic (exact) mass is 336 g/mol. The van der Waals surface area contributed by atoms with Crippen molar-refractivity contribution in [1.82, 2.24) is 5.32 Å². The number of rotatable bonds is 3. The Balaban J connectivity index is 1.84. The highest BCUT2D eigenvalue weighted by atomic mass is 35.5. The van der Waals surface area contributed by atoms with E-state index in [0.717, 1.165) is 15.6 Å². The fourth-order valence-electron chi connectivity index (χ4n) is 2.08. The fraction of sp³-hybridized carbons (Fsp3) is 0.133. The third kappa shape index (κ3) is 2.77. The molecule has 0 saturated heterocycles. The summed E-state index contributed by atoms with van der Waals surface area (Å²) in [6.07, 6.45) is 0. The second-order valence-electron chi connectivity index (χ2n) is 4.75. The Morgan fingerprint density at radius 1 is 1.38 bits per heavy atom. The van der Waals surface area contributed by atoms with Gasteiger partial charge in [0.05, 0.1) is 5.69 Å². The van der Waals surface area contributed by atoms with Crippen molar-refractivity contribution in [1.29, 1.82) is 0 Å². The molecule has 1 amide bonds. The number of carbonyl (C=O) groups excluding carboxylic acids is 1. The van der Waals surface area contributed by atoms with Gasteiger partial charge in [0.25, 0.3) is 5.91 Å². The SMILES string of the molecule is Cc1cscc1CNC(=O)c1sc2ccc(Cl)cc2c1N. The highest BCUT2D eigenvalue weighted by Gasteiger charge is 2.16. The maximum absolute atomic E-state index is 12.3. The van der Waals surface area contributed by atoms with Gasteiger partial charge in [-0.15, -0.1) is 11.3 Å². The first-order valence-electron chi connectivity index (χ1n) is 6.33. The zero-order valence-corrected chi connectivity index (χ0v) is 13.7. The highest BCUT2D eigenvalue weighted by molar-refractivity contribution is 7.21. The third-order valence-corrected chi connectivity index (χ3v) is 5.63. The number of anilines is 1. The molecule has 3 N–H and O–H groups in total. The molecule has 21 heavy (non-hydrogen) atoms. The van der Waals surface area contributed by atoms with Gasteiger partial charge in [0, 0.05) is 21.7 Å². The van der Waals surface area contributed by atoms with Crippen LogP contribution in [0, 0.1) is 6.92 Å². The van der Waals surface area contributed by atoms with Crippen LogP contribution in [0.4, 0.5) is 5.69 Å². The lowest BCUT2D eigenvalue weighted by Crippen LogP contribution is -2.22. The molecule has 0 aliphatic rings. The van der Waals surface area contributed by atoms with Gasteiger partial charge in [-0.3, -0.25) is 4.79 Å². The molecular formula is C15H13ClN2OS2. The lowest BCUT2D eigenvalue weighted by Gasteiger charge is -2.04. The standard InChI is InChI=1S/C15H13ClN2OS2/c1-8-6-20-7-9(8)5-18-15(19)14-13(17)11-4-10(16)2-3-12(11)21-14/h2-4,6-7H,5,17H2,1H3,(H,18,19). The predicted octanol–water partition coefficient (Wildman–Crippen LogP) is 4.44. The molecular weight excluding hydrogens is 324 g/mol. The fourth-order valence-corrected chi connectivity index (χ4v) is 4.13. The molecule has 6 heteroatoms. The lowest BCUT2D eigenvalue weighted by atomic mass is 10.2. The first kappa shape index (κ1) is 14.4. The van der Waals surface area contributed by atoms with Crippen molar-refractivity contribution in [3.8, 4) is 0 Å². The first-order valence-corrected chi connectivity index (χ1v) is 8.47. The molecule has 108 valence electrons. The van der Waals surface area contributed by atoms with E-state index >= 15 is 0 Å². The largest absolute Gasteiger partial charge is 0.397 e. The molecule has 3 rings (SSSR count). The number of carbonyl (C=O) groups is 1. The van der Waals surface area contributed by atoms with Crippen molar-refractivity contribution in [3.63, 3.8) is 0 Å². The number of fused-ring (bicyclic) bond motifs is 1. The number of hydrogen-bond donors (Lipinski definition) is 2. The zero-order valence-electron chi connectivity index (χ0n) is 11.3. The van der Waals surface area contributed by atoms with Crippen molar-refractivity contribution in [2.75, 3.05) is 5.73 Å². The average Bonchev–Trinajstić information content (AvgIpc) is 3.01. The minimum absolute atomic E-state index is 0.143. The number of nitrogen functional groups attached to an aromatic ring is 1. The van der Waals surface area contributed by atoms with Crippen molar-refractivity contribution in [3.05, 3.63) is 50.0 Å². The second kappa shape index (κ2) is 5.67. The molecule has 1 aromatic carbocycles. The second-order valence-corrected chi connectivity index (χ2v) is 6.98. The minimum Gasteiger partial charge on any atom is -0.397 e. The van der Waals surface area contributed by atoms with E-state index in [-0.39, 0.29) is 5.91 Å². The molecule has 0 atom stereocenters. The number of benzene rings is 1. The van der Waals surface area contributed by atoms with E-state index in [1.165, 1.54) is 16.9 Å². The summed E-state index contributed by atoms with van der Waals surface area (Å²) in [5, 5.41) is 8.49. The highest BCUT2D eigenvalue weighted by Crippen LogP contribution is 2.35. The van der Waals surface area contributed by atoms with Crippen LogP contribution >= 0.6 is 34.3 Å². The van der Waals surface area contributed by atoms with Gasteiger partial charge < -0.3 is 11.1 Å². The van der Waals surface area contributed by atoms with E-state index in [0.29, 0.717) is 22.1 Å². The molecule has 0 fully saturated rings. The number of thiophene rings is 2. The van der Waals surface area contributed by atoms with Crippen molar-refractivity contribution in [2.45, 2.75) is 13.5 Å². The molecule has 2 aromatic heterocycles. The normalized spacial score (nSPS) is 11.0. The van der Waals surface area contributed by atoms with E-state index in [2.05, 4.69) is 10.7 Å². The summed E-state index contributed by atoms with van der Waals surface area (Å²) in [5.74, 6) is -0.143. The van der Waals surface area contributed by atoms with Gasteiger partial charge in [-0.05, 0) is 47.0 Å². The van der Waals surface area contributed by atoms with E-state index in [4.69, 9.17) is 17.3 Å². The molecule has 0 aliphatic carbocycles. The summed E-state index contributed by atoms with van der Waals surface area (Å²) in [6.45, 7) is 2.55. The lowest BCUT2D eigenvalue weighted by molar-refractivity contribution is 0.0956. The molecule has 0 radical (unpaired) electrons. The summed E-state index contributed by atoms with van der Waals surface area (Å²) in [7, 11) is 0. The Hall–Kier alpha value is -1.56. The van der Waals surface area contributed by atoms with Gasteiger partial charge in [0.2, 0.25) is 0 Å². The van der Waals surface area contributed by atoms with Crippen LogP contribution in [-0.4, -0.2) is 5.91 Å². The maximum atomic E-state index is 12.3. The first-order chi connectivity index (χ1) is 10.1. The van der Waals surface area contributed by atoms with Gasteiger partial charge in [0.15, 0.2) is 0 Å². The molecule has 0 unspecified atom stereocenters. The predicted molar refractivity (Wildman–Crippen MR) is 91.5 cm³/mol. The summed E-state index contributed by atoms with van der Waals surface area (Å²) < 4.78 is 0.966. The van der Waals surface area contributed by atoms with Gasteiger partial charge in [-0.25, -0.2) is 0 Å². The Labute approximate surface area is 135 Å². The number of halogens is 1. The molecule has 3 nitrogen and oxygen atoms in total. The van der Waals surface area contributed by atoms with E-state index < -0.39 is 0 Å². The number of aryl methyl sites for hydroxylation is 1. The quantitative estimate of drug-likeness (QED) is 0.743.